The van der Waals surface area contributed by atoms with Crippen LogP contribution < -0.4 is 0 Å². The van der Waals surface area contributed by atoms with Gasteiger partial charge in [0.1, 0.15) is 11.8 Å². The number of oxazole rings is 1. The molecule has 0 bridgehead atoms. The van der Waals surface area contributed by atoms with E-state index in [1.165, 1.54) is 17.5 Å². The number of ketones is 1. The molecule has 0 fully saturated rings. The Kier molecular flexibility index (Phi) is 4.55. The van der Waals surface area contributed by atoms with Crippen LogP contribution in [0.2, 0.25) is 0 Å². The lowest BCUT2D eigenvalue weighted by Crippen LogP contribution is -2.37. The Morgan fingerprint density at radius 1 is 1.19 bits per heavy atom. The second-order valence-electron chi connectivity index (χ2n) is 9.18. The summed E-state index contributed by atoms with van der Waals surface area (Å²) < 4.78 is 11.9. The second-order valence-corrected chi connectivity index (χ2v) is 9.18. The molecule has 2 aliphatic carbocycles. The minimum atomic E-state index is -0.0455. The maximum atomic E-state index is 13.0. The maximum absolute atomic E-state index is 13.0. The summed E-state index contributed by atoms with van der Waals surface area (Å²) in [7, 11) is 8.33. The van der Waals surface area contributed by atoms with Gasteiger partial charge in [-0.15, -0.1) is 0 Å². The van der Waals surface area contributed by atoms with Crippen LogP contribution >= 0.6 is 0 Å². The molecule has 0 amide bonds. The Hall–Kier alpha value is -3.25. The van der Waals surface area contributed by atoms with E-state index in [1.54, 1.807) is 25.5 Å². The highest BCUT2D eigenvalue weighted by Crippen LogP contribution is 2.40. The first-order valence-electron chi connectivity index (χ1n) is 10.5. The summed E-state index contributed by atoms with van der Waals surface area (Å²) in [6.07, 6.45) is 9.12. The SMILES string of the molecule is COC1=C(c2cnco2)C=C2C(=O)C=C(c3ccc4c(c3)C([N+](C)(C)C)CC4)N=C2C1. The van der Waals surface area contributed by atoms with Crippen molar-refractivity contribution in [1.82, 2.24) is 4.98 Å². The number of carbonyl (C=O) groups is 1. The summed E-state index contributed by atoms with van der Waals surface area (Å²) in [5.74, 6) is 1.25. The zero-order chi connectivity index (χ0) is 21.8. The van der Waals surface area contributed by atoms with E-state index >= 15 is 0 Å². The number of quaternary nitrogens is 1. The molecule has 31 heavy (non-hydrogen) atoms. The van der Waals surface area contributed by atoms with Gasteiger partial charge < -0.3 is 13.6 Å². The van der Waals surface area contributed by atoms with Crippen LogP contribution in [0.1, 0.15) is 41.3 Å². The molecule has 5 rings (SSSR count). The van der Waals surface area contributed by atoms with Gasteiger partial charge in [0.2, 0.25) is 0 Å². The van der Waals surface area contributed by atoms with Gasteiger partial charge in [-0.2, -0.15) is 0 Å². The Balaban J connectivity index is 1.52. The van der Waals surface area contributed by atoms with E-state index < -0.39 is 0 Å². The van der Waals surface area contributed by atoms with Crippen molar-refractivity contribution in [3.63, 3.8) is 0 Å². The number of benzene rings is 1. The molecule has 1 aromatic carbocycles. The molecular formula is C25H26N3O3+. The minimum absolute atomic E-state index is 0.0455. The van der Waals surface area contributed by atoms with E-state index in [0.717, 1.165) is 34.2 Å². The molecule has 0 spiro atoms. The number of allylic oxidation sites excluding steroid dienone is 5. The second kappa shape index (κ2) is 7.17. The number of aryl methyl sites for hydroxylation is 1. The van der Waals surface area contributed by atoms with Crippen molar-refractivity contribution < 1.29 is 18.4 Å². The lowest BCUT2D eigenvalue weighted by molar-refractivity contribution is -0.901. The van der Waals surface area contributed by atoms with Crippen molar-refractivity contribution in [2.24, 2.45) is 4.99 Å². The van der Waals surface area contributed by atoms with Gasteiger partial charge in [-0.3, -0.25) is 9.79 Å². The molecule has 1 unspecified atom stereocenters. The lowest BCUT2D eigenvalue weighted by Gasteiger charge is -2.32. The molecule has 0 radical (unpaired) electrons. The van der Waals surface area contributed by atoms with Crippen molar-refractivity contribution in [2.45, 2.75) is 25.3 Å². The fourth-order valence-electron chi connectivity index (χ4n) is 4.78. The number of fused-ring (bicyclic) bond motifs is 2. The normalized spacial score (nSPS) is 20.7. The monoisotopic (exact) mass is 416 g/mol. The third-order valence-electron chi connectivity index (χ3n) is 6.38. The van der Waals surface area contributed by atoms with Crippen molar-refractivity contribution in [3.8, 4) is 0 Å². The molecule has 1 atom stereocenters. The first kappa shape index (κ1) is 19.7. The van der Waals surface area contributed by atoms with Gasteiger partial charge in [-0.1, -0.05) is 12.1 Å². The van der Waals surface area contributed by atoms with Gasteiger partial charge in [-0.25, -0.2) is 4.98 Å². The average Bonchev–Trinajstić information content (AvgIpc) is 3.42. The Labute approximate surface area is 181 Å². The van der Waals surface area contributed by atoms with E-state index in [4.69, 9.17) is 14.1 Å². The van der Waals surface area contributed by atoms with E-state index in [0.29, 0.717) is 35.3 Å². The summed E-state index contributed by atoms with van der Waals surface area (Å²) in [6.45, 7) is 0. The number of hydrogen-bond donors (Lipinski definition) is 0. The van der Waals surface area contributed by atoms with Gasteiger partial charge in [-0.05, 0) is 24.1 Å². The molecule has 6 nitrogen and oxygen atoms in total. The summed E-state index contributed by atoms with van der Waals surface area (Å²) in [4.78, 5) is 21.9. The summed E-state index contributed by atoms with van der Waals surface area (Å²) in [5.41, 5.74) is 6.52. The summed E-state index contributed by atoms with van der Waals surface area (Å²) >= 11 is 0. The molecule has 3 aliphatic rings. The van der Waals surface area contributed by atoms with Gasteiger partial charge in [0.25, 0.3) is 0 Å². The zero-order valence-corrected chi connectivity index (χ0v) is 18.3. The van der Waals surface area contributed by atoms with Gasteiger partial charge in [0, 0.05) is 35.6 Å². The Morgan fingerprint density at radius 2 is 2.03 bits per heavy atom. The molecule has 2 aromatic rings. The Morgan fingerprint density at radius 3 is 2.74 bits per heavy atom. The fraction of sp³-hybridized carbons (Fsp3) is 0.320. The number of hydrogen-bond acceptors (Lipinski definition) is 5. The highest BCUT2D eigenvalue weighted by Gasteiger charge is 2.34. The predicted molar refractivity (Wildman–Crippen MR) is 119 cm³/mol. The van der Waals surface area contributed by atoms with Gasteiger partial charge >= 0.3 is 0 Å². The van der Waals surface area contributed by atoms with Crippen molar-refractivity contribution in [3.05, 3.63) is 76.7 Å². The van der Waals surface area contributed by atoms with Gasteiger partial charge in [0.05, 0.1) is 51.4 Å². The smallest absolute Gasteiger partial charge is 0.189 e. The standard InChI is InChI=1S/C25H26N3O3/c1-28(2,3)22-8-7-15-5-6-16(9-17(15)22)20-11-23(29)18-10-19(25-13-26-14-31-25)24(30-4)12-21(18)27-20/h5-6,9-11,13-14,22H,7-8,12H2,1-4H3/q+1. The van der Waals surface area contributed by atoms with Crippen LogP contribution in [-0.4, -0.2) is 49.2 Å². The van der Waals surface area contributed by atoms with Crippen LogP contribution in [-0.2, 0) is 16.0 Å². The lowest BCUT2D eigenvalue weighted by atomic mass is 9.89. The first-order valence-corrected chi connectivity index (χ1v) is 10.5. The molecule has 1 aromatic heterocycles. The Bertz CT molecular complexity index is 1190. The predicted octanol–water partition coefficient (Wildman–Crippen LogP) is 4.12. The fourth-order valence-corrected chi connectivity index (χ4v) is 4.78. The topological polar surface area (TPSA) is 64.7 Å². The van der Waals surface area contributed by atoms with Gasteiger partial charge in [0.15, 0.2) is 17.9 Å². The van der Waals surface area contributed by atoms with Crippen molar-refractivity contribution >= 4 is 22.8 Å². The van der Waals surface area contributed by atoms with Crippen LogP contribution in [0.5, 0.6) is 0 Å². The van der Waals surface area contributed by atoms with E-state index in [1.807, 2.05) is 0 Å². The number of aliphatic imine (C=N–C) groups is 1. The maximum Gasteiger partial charge on any atom is 0.189 e. The molecule has 158 valence electrons. The van der Waals surface area contributed by atoms with Crippen LogP contribution in [0.3, 0.4) is 0 Å². The van der Waals surface area contributed by atoms with Crippen molar-refractivity contribution in [2.75, 3.05) is 28.3 Å². The molecular weight excluding hydrogens is 390 g/mol. The van der Waals surface area contributed by atoms with Crippen LogP contribution in [0.15, 0.2) is 63.7 Å². The summed E-state index contributed by atoms with van der Waals surface area (Å²) in [5, 5.41) is 0. The van der Waals surface area contributed by atoms with Crippen LogP contribution in [0, 0.1) is 0 Å². The number of nitrogens with zero attached hydrogens (tertiary/aromatic N) is 3. The number of carbonyl (C=O) groups excluding carboxylic acids is 1. The quantitative estimate of drug-likeness (QED) is 0.704. The molecule has 2 heterocycles. The first-order chi connectivity index (χ1) is 14.8. The van der Waals surface area contributed by atoms with Crippen molar-refractivity contribution in [1.29, 1.82) is 0 Å². The highest BCUT2D eigenvalue weighted by molar-refractivity contribution is 6.32. The van der Waals surface area contributed by atoms with E-state index in [2.05, 4.69) is 44.3 Å². The zero-order valence-electron chi connectivity index (χ0n) is 18.3. The molecule has 0 N–H and O–H groups in total. The number of rotatable bonds is 4. The number of methoxy groups -OCH3 is 1. The van der Waals surface area contributed by atoms with Crippen LogP contribution in [0.25, 0.3) is 11.3 Å². The summed E-state index contributed by atoms with van der Waals surface area (Å²) in [6, 6.07) is 6.97. The number of ether oxygens (including phenoxy) is 1. The third-order valence-corrected chi connectivity index (χ3v) is 6.38. The third kappa shape index (κ3) is 3.37. The molecule has 0 saturated carbocycles. The largest absolute Gasteiger partial charge is 0.500 e. The average molecular weight is 417 g/mol. The van der Waals surface area contributed by atoms with E-state index in [-0.39, 0.29) is 5.78 Å². The molecule has 6 heteroatoms. The van der Waals surface area contributed by atoms with E-state index in [9.17, 15) is 4.79 Å². The minimum Gasteiger partial charge on any atom is -0.500 e. The highest BCUT2D eigenvalue weighted by atomic mass is 16.5. The molecule has 0 saturated heterocycles. The van der Waals surface area contributed by atoms with Crippen LogP contribution in [0.4, 0.5) is 0 Å². The number of aromatic nitrogens is 1. The molecule has 1 aliphatic heterocycles.